The van der Waals surface area contributed by atoms with Gasteiger partial charge < -0.3 is 23.0 Å². The van der Waals surface area contributed by atoms with Crippen LogP contribution in [0.4, 0.5) is 0 Å². The molecule has 0 atom stereocenters. The maximum atomic E-state index is 13.1. The summed E-state index contributed by atoms with van der Waals surface area (Å²) in [7, 11) is 1.52. The molecule has 0 aliphatic rings. The van der Waals surface area contributed by atoms with Crippen LogP contribution >= 0.6 is 0 Å². The molecule has 0 fully saturated rings. The Morgan fingerprint density at radius 3 is 2.38 bits per heavy atom. The zero-order valence-corrected chi connectivity index (χ0v) is 18.9. The number of carbonyl (C=O) groups is 2. The molecule has 0 saturated heterocycles. The second kappa shape index (κ2) is 9.66. The third-order valence-corrected chi connectivity index (χ3v) is 5.18. The van der Waals surface area contributed by atoms with Crippen molar-refractivity contribution in [3.8, 4) is 22.8 Å². The Bertz CT molecular complexity index is 1410. The largest absolute Gasteiger partial charge is 0.496 e. The van der Waals surface area contributed by atoms with Crippen molar-refractivity contribution in [2.45, 2.75) is 20.3 Å². The lowest BCUT2D eigenvalue weighted by Gasteiger charge is -2.13. The van der Waals surface area contributed by atoms with Crippen molar-refractivity contribution in [1.29, 1.82) is 0 Å². The number of furan rings is 1. The van der Waals surface area contributed by atoms with Gasteiger partial charge in [0.05, 0.1) is 24.7 Å². The SMILES string of the molecule is CCOC(=O)c1ccc(-c2c(OC(=O)c3ccccc3)c3cc(CC)c(OC)cc3oc2=O)o1. The van der Waals surface area contributed by atoms with Crippen molar-refractivity contribution in [2.75, 3.05) is 13.7 Å². The summed E-state index contributed by atoms with van der Waals surface area (Å²) in [5.74, 6) is -0.945. The van der Waals surface area contributed by atoms with Crippen LogP contribution in [0, 0.1) is 0 Å². The topological polar surface area (TPSA) is 105 Å². The van der Waals surface area contributed by atoms with Gasteiger partial charge in [0.15, 0.2) is 5.75 Å². The molecule has 8 nitrogen and oxygen atoms in total. The maximum absolute atomic E-state index is 13.1. The van der Waals surface area contributed by atoms with Gasteiger partial charge in [-0.3, -0.25) is 0 Å². The van der Waals surface area contributed by atoms with E-state index in [-0.39, 0.29) is 35.0 Å². The minimum Gasteiger partial charge on any atom is -0.496 e. The fourth-order valence-electron chi connectivity index (χ4n) is 3.54. The van der Waals surface area contributed by atoms with Crippen LogP contribution in [0.3, 0.4) is 0 Å². The molecule has 4 aromatic rings. The van der Waals surface area contributed by atoms with E-state index in [9.17, 15) is 14.4 Å². The van der Waals surface area contributed by atoms with E-state index in [2.05, 4.69) is 0 Å². The Labute approximate surface area is 194 Å². The van der Waals surface area contributed by atoms with Crippen molar-refractivity contribution >= 4 is 22.9 Å². The molecule has 0 spiro atoms. The molecular weight excluding hydrogens is 440 g/mol. The Balaban J connectivity index is 1.94. The highest BCUT2D eigenvalue weighted by Crippen LogP contribution is 2.38. The second-order valence-corrected chi connectivity index (χ2v) is 7.25. The lowest BCUT2D eigenvalue weighted by atomic mass is 10.0. The predicted octanol–water partition coefficient (Wildman–Crippen LogP) is 5.02. The molecule has 0 amide bonds. The zero-order valence-electron chi connectivity index (χ0n) is 18.9. The van der Waals surface area contributed by atoms with Gasteiger partial charge in [0, 0.05) is 6.07 Å². The van der Waals surface area contributed by atoms with Crippen molar-refractivity contribution in [3.05, 3.63) is 81.9 Å². The summed E-state index contributed by atoms with van der Waals surface area (Å²) in [6, 6.07) is 14.5. The minimum atomic E-state index is -0.806. The number of esters is 2. The molecule has 0 N–H and O–H groups in total. The molecule has 0 radical (unpaired) electrons. The average Bonchev–Trinajstić information content (AvgIpc) is 3.33. The Hall–Kier alpha value is -4.33. The van der Waals surface area contributed by atoms with Crippen LogP contribution in [-0.4, -0.2) is 25.7 Å². The lowest BCUT2D eigenvalue weighted by Crippen LogP contribution is -2.13. The summed E-state index contributed by atoms with van der Waals surface area (Å²) < 4.78 is 27.2. The summed E-state index contributed by atoms with van der Waals surface area (Å²) in [5.41, 5.74) is 0.360. The van der Waals surface area contributed by atoms with E-state index in [4.69, 9.17) is 23.0 Å². The number of rotatable bonds is 7. The monoisotopic (exact) mass is 462 g/mol. The van der Waals surface area contributed by atoms with Crippen molar-refractivity contribution in [3.63, 3.8) is 0 Å². The fraction of sp³-hybridized carbons (Fsp3) is 0.192. The number of benzene rings is 2. The Morgan fingerprint density at radius 2 is 1.71 bits per heavy atom. The van der Waals surface area contributed by atoms with E-state index >= 15 is 0 Å². The quantitative estimate of drug-likeness (QED) is 0.278. The van der Waals surface area contributed by atoms with Crippen LogP contribution in [0.5, 0.6) is 11.5 Å². The van der Waals surface area contributed by atoms with Gasteiger partial charge in [0.2, 0.25) is 5.76 Å². The summed E-state index contributed by atoms with van der Waals surface area (Å²) >= 11 is 0. The normalized spacial score (nSPS) is 10.8. The number of aryl methyl sites for hydroxylation is 1. The number of methoxy groups -OCH3 is 1. The molecular formula is C26H22O8. The number of hydrogen-bond acceptors (Lipinski definition) is 8. The van der Waals surface area contributed by atoms with Crippen molar-refractivity contribution in [1.82, 2.24) is 0 Å². The van der Waals surface area contributed by atoms with Gasteiger partial charge in [0.25, 0.3) is 0 Å². The van der Waals surface area contributed by atoms with Gasteiger partial charge in [-0.15, -0.1) is 0 Å². The molecule has 4 rings (SSSR count). The first-order chi connectivity index (χ1) is 16.5. The molecule has 0 aliphatic carbocycles. The molecule has 0 saturated carbocycles. The van der Waals surface area contributed by atoms with Gasteiger partial charge in [0.1, 0.15) is 22.7 Å². The first-order valence-electron chi connectivity index (χ1n) is 10.7. The molecule has 2 heterocycles. The van der Waals surface area contributed by atoms with Crippen LogP contribution in [0.15, 0.2) is 68.2 Å². The Morgan fingerprint density at radius 1 is 0.941 bits per heavy atom. The van der Waals surface area contributed by atoms with Crippen LogP contribution in [-0.2, 0) is 11.2 Å². The number of hydrogen-bond donors (Lipinski definition) is 0. The third-order valence-electron chi connectivity index (χ3n) is 5.18. The standard InChI is InChI=1S/C26H22O8/c1-4-15-13-17-21(14-20(15)30-3)33-26(29)22(18-11-12-19(32-18)25(28)31-5-2)23(17)34-24(27)16-9-7-6-8-10-16/h6-14H,4-5H2,1-3H3. The highest BCUT2D eigenvalue weighted by atomic mass is 16.5. The Kier molecular flexibility index (Phi) is 6.49. The van der Waals surface area contributed by atoms with Gasteiger partial charge in [-0.2, -0.15) is 0 Å². The average molecular weight is 462 g/mol. The van der Waals surface area contributed by atoms with E-state index in [1.807, 2.05) is 6.92 Å². The summed E-state index contributed by atoms with van der Waals surface area (Å²) in [4.78, 5) is 38.1. The molecule has 0 unspecified atom stereocenters. The van der Waals surface area contributed by atoms with Crippen LogP contribution in [0.1, 0.15) is 40.3 Å². The van der Waals surface area contributed by atoms with Crippen LogP contribution in [0.2, 0.25) is 0 Å². The summed E-state index contributed by atoms with van der Waals surface area (Å²) in [6.07, 6.45) is 0.618. The molecule has 174 valence electrons. The van der Waals surface area contributed by atoms with Crippen LogP contribution in [0.25, 0.3) is 22.3 Å². The van der Waals surface area contributed by atoms with Crippen molar-refractivity contribution < 1.29 is 32.6 Å². The summed E-state index contributed by atoms with van der Waals surface area (Å²) in [6.45, 7) is 3.77. The highest BCUT2D eigenvalue weighted by molar-refractivity contribution is 5.98. The molecule has 34 heavy (non-hydrogen) atoms. The first-order valence-corrected chi connectivity index (χ1v) is 10.7. The lowest BCUT2D eigenvalue weighted by molar-refractivity contribution is 0.0490. The minimum absolute atomic E-state index is 0.00318. The van der Waals surface area contributed by atoms with E-state index in [1.54, 1.807) is 49.4 Å². The highest BCUT2D eigenvalue weighted by Gasteiger charge is 2.26. The molecule has 2 aromatic carbocycles. The van der Waals surface area contributed by atoms with Crippen LogP contribution < -0.4 is 15.1 Å². The second-order valence-electron chi connectivity index (χ2n) is 7.25. The van der Waals surface area contributed by atoms with Gasteiger partial charge in [-0.25, -0.2) is 14.4 Å². The zero-order chi connectivity index (χ0) is 24.2. The molecule has 8 heteroatoms. The van der Waals surface area contributed by atoms with E-state index in [0.29, 0.717) is 23.1 Å². The first kappa shape index (κ1) is 22.8. The number of ether oxygens (including phenoxy) is 3. The van der Waals surface area contributed by atoms with Gasteiger partial charge in [-0.1, -0.05) is 25.1 Å². The molecule has 0 bridgehead atoms. The van der Waals surface area contributed by atoms with E-state index in [1.165, 1.54) is 19.2 Å². The number of carbonyl (C=O) groups excluding carboxylic acids is 2. The van der Waals surface area contributed by atoms with E-state index in [0.717, 1.165) is 5.56 Å². The maximum Gasteiger partial charge on any atom is 0.374 e. The van der Waals surface area contributed by atoms with E-state index < -0.39 is 17.6 Å². The molecule has 0 aliphatic heterocycles. The van der Waals surface area contributed by atoms with Gasteiger partial charge in [-0.05, 0) is 49.2 Å². The predicted molar refractivity (Wildman–Crippen MR) is 123 cm³/mol. The smallest absolute Gasteiger partial charge is 0.374 e. The summed E-state index contributed by atoms with van der Waals surface area (Å²) in [5, 5.41) is 0.380. The number of fused-ring (bicyclic) bond motifs is 1. The van der Waals surface area contributed by atoms with Gasteiger partial charge >= 0.3 is 17.6 Å². The van der Waals surface area contributed by atoms with Crippen molar-refractivity contribution in [2.24, 2.45) is 0 Å². The molecule has 2 aromatic heterocycles. The fourth-order valence-corrected chi connectivity index (χ4v) is 3.54. The third kappa shape index (κ3) is 4.30.